The fourth-order valence-corrected chi connectivity index (χ4v) is 8.55. The highest BCUT2D eigenvalue weighted by Gasteiger charge is 2.61. The van der Waals surface area contributed by atoms with Gasteiger partial charge < -0.3 is 29.9 Å². The van der Waals surface area contributed by atoms with Crippen molar-refractivity contribution in [3.63, 3.8) is 0 Å². The number of carbonyl (C=O) groups is 2. The second-order valence-electron chi connectivity index (χ2n) is 11.9. The summed E-state index contributed by atoms with van der Waals surface area (Å²) in [5.41, 5.74) is 0.117. The van der Waals surface area contributed by atoms with E-state index < -0.39 is 36.7 Å². The lowest BCUT2D eigenvalue weighted by atomic mass is 9.45. The molecule has 0 aromatic rings. The zero-order valence-corrected chi connectivity index (χ0v) is 19.6. The second kappa shape index (κ2) is 8.26. The number of aliphatic hydroxyl groups excluding tert-OH is 3. The summed E-state index contributed by atoms with van der Waals surface area (Å²) in [6.07, 6.45) is 0.569. The molecule has 0 aromatic carbocycles. The number of Topliss-reactive ketones (excluding diaryl/α,β-unsaturated/α-hetero) is 1. The molecule has 186 valence electrons. The van der Waals surface area contributed by atoms with E-state index in [0.717, 1.165) is 51.4 Å². The van der Waals surface area contributed by atoms with Gasteiger partial charge in [-0.1, -0.05) is 13.8 Å². The number of carboxylic acids is 1. The van der Waals surface area contributed by atoms with Gasteiger partial charge in [0.05, 0.1) is 6.10 Å². The third kappa shape index (κ3) is 3.59. The molecule has 0 bridgehead atoms. The lowest BCUT2D eigenvalue weighted by Crippen LogP contribution is -2.61. The van der Waals surface area contributed by atoms with Crippen molar-refractivity contribution in [3.8, 4) is 0 Å². The number of carboxylic acid groups (broad SMARTS) is 1. The molecule has 5 fully saturated rings. The first kappa shape index (κ1) is 23.7. The number of rotatable bonds is 3. The fraction of sp³-hybridized carbons (Fsp3) is 0.920. The van der Waals surface area contributed by atoms with Gasteiger partial charge in [-0.05, 0) is 79.4 Å². The van der Waals surface area contributed by atoms with Crippen LogP contribution in [0.15, 0.2) is 0 Å². The van der Waals surface area contributed by atoms with Crippen molar-refractivity contribution >= 4 is 11.8 Å². The van der Waals surface area contributed by atoms with Crippen LogP contribution >= 0.6 is 0 Å². The number of aliphatic hydroxyl groups is 3. The minimum absolute atomic E-state index is 0.113. The van der Waals surface area contributed by atoms with Gasteiger partial charge >= 0.3 is 5.97 Å². The highest BCUT2D eigenvalue weighted by Crippen LogP contribution is 2.66. The van der Waals surface area contributed by atoms with Gasteiger partial charge in [-0.3, -0.25) is 4.79 Å². The number of aliphatic carboxylic acids is 1. The fourth-order valence-electron chi connectivity index (χ4n) is 8.55. The number of hydrogen-bond acceptors (Lipinski definition) is 7. The zero-order valence-electron chi connectivity index (χ0n) is 19.6. The predicted molar refractivity (Wildman–Crippen MR) is 116 cm³/mol. The van der Waals surface area contributed by atoms with Crippen LogP contribution in [0, 0.1) is 34.5 Å². The van der Waals surface area contributed by atoms with E-state index in [1.54, 1.807) is 0 Å². The molecule has 1 heterocycles. The van der Waals surface area contributed by atoms with Crippen molar-refractivity contribution in [2.24, 2.45) is 34.5 Å². The molecular weight excluding hydrogens is 428 g/mol. The van der Waals surface area contributed by atoms with Crippen molar-refractivity contribution in [2.45, 2.75) is 108 Å². The summed E-state index contributed by atoms with van der Waals surface area (Å²) in [6, 6.07) is 0. The van der Waals surface area contributed by atoms with E-state index in [-0.39, 0.29) is 16.9 Å². The summed E-state index contributed by atoms with van der Waals surface area (Å²) in [4.78, 5) is 23.6. The molecule has 8 nitrogen and oxygen atoms in total. The Morgan fingerprint density at radius 2 is 1.67 bits per heavy atom. The van der Waals surface area contributed by atoms with Crippen LogP contribution in [0.5, 0.6) is 0 Å². The number of ketones is 1. The van der Waals surface area contributed by atoms with Crippen LogP contribution in [0.25, 0.3) is 0 Å². The molecule has 0 spiro atoms. The lowest BCUT2D eigenvalue weighted by Gasteiger charge is -2.60. The van der Waals surface area contributed by atoms with Gasteiger partial charge in [0.2, 0.25) is 0 Å². The molecule has 4 N–H and O–H groups in total. The van der Waals surface area contributed by atoms with Gasteiger partial charge in [-0.25, -0.2) is 4.79 Å². The quantitative estimate of drug-likeness (QED) is 0.495. The minimum atomic E-state index is -1.71. The average molecular weight is 467 g/mol. The maximum atomic E-state index is 12.1. The van der Waals surface area contributed by atoms with E-state index >= 15 is 0 Å². The van der Waals surface area contributed by atoms with Crippen molar-refractivity contribution in [1.29, 1.82) is 0 Å². The van der Waals surface area contributed by atoms with E-state index in [4.69, 9.17) is 9.47 Å². The van der Waals surface area contributed by atoms with E-state index in [1.807, 2.05) is 0 Å². The first-order valence-electron chi connectivity index (χ1n) is 12.7. The Bertz CT molecular complexity index is 801. The molecule has 4 aliphatic carbocycles. The molecule has 8 heteroatoms. The molecular formula is C25H38O8. The monoisotopic (exact) mass is 466 g/mol. The molecule has 0 radical (unpaired) electrons. The van der Waals surface area contributed by atoms with Crippen molar-refractivity contribution in [3.05, 3.63) is 0 Å². The van der Waals surface area contributed by atoms with Gasteiger partial charge in [0.1, 0.15) is 24.1 Å². The summed E-state index contributed by atoms with van der Waals surface area (Å²) < 4.78 is 11.6. The van der Waals surface area contributed by atoms with E-state index in [1.165, 1.54) is 0 Å². The van der Waals surface area contributed by atoms with Gasteiger partial charge in [-0.2, -0.15) is 0 Å². The van der Waals surface area contributed by atoms with Crippen molar-refractivity contribution < 1.29 is 39.5 Å². The summed E-state index contributed by atoms with van der Waals surface area (Å²) in [7, 11) is 0. The van der Waals surface area contributed by atoms with Gasteiger partial charge in [-0.15, -0.1) is 0 Å². The molecule has 5 aliphatic rings. The Balaban J connectivity index is 1.32. The van der Waals surface area contributed by atoms with Crippen LogP contribution in [-0.2, 0) is 19.1 Å². The molecule has 0 aromatic heterocycles. The Hall–Kier alpha value is -1.06. The lowest BCUT2D eigenvalue weighted by molar-refractivity contribution is -0.313. The summed E-state index contributed by atoms with van der Waals surface area (Å²) >= 11 is 0. The molecule has 0 unspecified atom stereocenters. The van der Waals surface area contributed by atoms with E-state index in [0.29, 0.717) is 35.9 Å². The Kier molecular flexibility index (Phi) is 5.93. The summed E-state index contributed by atoms with van der Waals surface area (Å²) in [6.45, 7) is 4.66. The third-order valence-corrected chi connectivity index (χ3v) is 10.5. The van der Waals surface area contributed by atoms with Crippen LogP contribution in [0.4, 0.5) is 0 Å². The number of carbonyl (C=O) groups excluding carboxylic acids is 1. The molecule has 4 saturated carbocycles. The maximum absolute atomic E-state index is 12.1. The number of ether oxygens (including phenoxy) is 2. The van der Waals surface area contributed by atoms with Crippen LogP contribution in [0.2, 0.25) is 0 Å². The third-order valence-electron chi connectivity index (χ3n) is 10.5. The molecule has 0 amide bonds. The van der Waals surface area contributed by atoms with Crippen molar-refractivity contribution in [2.75, 3.05) is 0 Å². The zero-order chi connectivity index (χ0) is 23.7. The van der Waals surface area contributed by atoms with Crippen LogP contribution in [0.1, 0.15) is 71.6 Å². The maximum Gasteiger partial charge on any atom is 0.335 e. The van der Waals surface area contributed by atoms with Crippen LogP contribution in [-0.4, -0.2) is 69.0 Å². The highest BCUT2D eigenvalue weighted by atomic mass is 16.7. The Labute approximate surface area is 194 Å². The van der Waals surface area contributed by atoms with E-state index in [9.17, 15) is 30.0 Å². The Morgan fingerprint density at radius 3 is 2.39 bits per heavy atom. The topological polar surface area (TPSA) is 134 Å². The first-order chi connectivity index (χ1) is 15.6. The molecule has 12 atom stereocenters. The van der Waals surface area contributed by atoms with E-state index in [2.05, 4.69) is 13.8 Å². The summed E-state index contributed by atoms with van der Waals surface area (Å²) in [5, 5.41) is 39.9. The number of hydrogen-bond donors (Lipinski definition) is 4. The SMILES string of the molecule is C[C@]12CCC(=O)C[C@@H]1CC[C@@H]1[C@H]2CC[C@]2(C)[C@H](O[C@@H]3O[C@@H](C(=O)O)[C@@H](O)[C@H](O)[C@H]3O)CC[C@@H]12. The van der Waals surface area contributed by atoms with Gasteiger partial charge in [0.15, 0.2) is 12.4 Å². The smallest absolute Gasteiger partial charge is 0.335 e. The largest absolute Gasteiger partial charge is 0.479 e. The standard InChI is InChI=1S/C25H38O8/c1-24-9-7-13(26)11-12(24)3-4-14-15-5-6-17(25(15,2)10-8-16(14)24)32-23-20(29)18(27)19(28)21(33-23)22(30)31/h12,14-21,23,27-29H,3-11H2,1-2H3,(H,30,31)/t12-,14-,15-,16+,17+,18-,19-,20+,21+,23+,24-,25-/m0/s1. The normalized spacial score (nSPS) is 54.3. The number of fused-ring (bicyclic) bond motifs is 5. The molecule has 5 rings (SSSR count). The minimum Gasteiger partial charge on any atom is -0.479 e. The molecule has 1 saturated heterocycles. The van der Waals surface area contributed by atoms with Crippen LogP contribution in [0.3, 0.4) is 0 Å². The summed E-state index contributed by atoms with van der Waals surface area (Å²) in [5.74, 6) is 1.21. The average Bonchev–Trinajstić information content (AvgIpc) is 3.10. The Morgan fingerprint density at radius 1 is 0.939 bits per heavy atom. The second-order valence-corrected chi connectivity index (χ2v) is 11.9. The van der Waals surface area contributed by atoms with Gasteiger partial charge in [0.25, 0.3) is 0 Å². The predicted octanol–water partition coefficient (Wildman–Crippen LogP) is 1.88. The van der Waals surface area contributed by atoms with Crippen LogP contribution < -0.4 is 0 Å². The molecule has 1 aliphatic heterocycles. The first-order valence-corrected chi connectivity index (χ1v) is 12.7. The molecule has 33 heavy (non-hydrogen) atoms. The highest BCUT2D eigenvalue weighted by molar-refractivity contribution is 5.79. The van der Waals surface area contributed by atoms with Crippen molar-refractivity contribution in [1.82, 2.24) is 0 Å². The van der Waals surface area contributed by atoms with Gasteiger partial charge in [0, 0.05) is 12.8 Å².